The third-order valence-corrected chi connectivity index (χ3v) is 4.22. The van der Waals surface area contributed by atoms with Crippen molar-refractivity contribution in [2.24, 2.45) is 0 Å². The van der Waals surface area contributed by atoms with Crippen LogP contribution >= 0.6 is 11.8 Å². The van der Waals surface area contributed by atoms with Crippen LogP contribution in [0.25, 0.3) is 11.0 Å². The van der Waals surface area contributed by atoms with Gasteiger partial charge in [-0.3, -0.25) is 0 Å². The maximum absolute atomic E-state index is 13.9. The van der Waals surface area contributed by atoms with E-state index in [1.165, 1.54) is 17.8 Å². The summed E-state index contributed by atoms with van der Waals surface area (Å²) in [6.07, 6.45) is -0.861. The summed E-state index contributed by atoms with van der Waals surface area (Å²) >= 11 is 1.32. The van der Waals surface area contributed by atoms with Gasteiger partial charge in [-0.25, -0.2) is 9.37 Å². The van der Waals surface area contributed by atoms with E-state index in [9.17, 15) is 9.50 Å². The Labute approximate surface area is 126 Å². The highest BCUT2D eigenvalue weighted by Gasteiger charge is 2.15. The van der Waals surface area contributed by atoms with Crippen molar-refractivity contribution in [2.75, 3.05) is 0 Å². The van der Waals surface area contributed by atoms with Gasteiger partial charge < -0.3 is 10.1 Å². The Morgan fingerprint density at radius 2 is 2.10 bits per heavy atom. The van der Waals surface area contributed by atoms with Crippen LogP contribution < -0.4 is 0 Å². The van der Waals surface area contributed by atoms with Gasteiger partial charge in [0.25, 0.3) is 0 Å². The third kappa shape index (κ3) is 2.80. The summed E-state index contributed by atoms with van der Waals surface area (Å²) in [5, 5.41) is 10.4. The van der Waals surface area contributed by atoms with E-state index >= 15 is 0 Å². The molecule has 0 saturated carbocycles. The van der Waals surface area contributed by atoms with Crippen LogP contribution in [0.3, 0.4) is 0 Å². The zero-order chi connectivity index (χ0) is 15.0. The van der Waals surface area contributed by atoms with E-state index < -0.39 is 11.9 Å². The molecule has 0 radical (unpaired) electrons. The number of benzene rings is 2. The normalized spacial score (nSPS) is 12.8. The predicted octanol–water partition coefficient (Wildman–Crippen LogP) is 4.21. The summed E-state index contributed by atoms with van der Waals surface area (Å²) in [6.45, 7) is 3.58. The number of nitrogens with zero attached hydrogens (tertiary/aromatic N) is 1. The van der Waals surface area contributed by atoms with E-state index in [0.717, 1.165) is 16.6 Å². The van der Waals surface area contributed by atoms with E-state index in [0.29, 0.717) is 15.6 Å². The second kappa shape index (κ2) is 5.50. The predicted molar refractivity (Wildman–Crippen MR) is 82.0 cm³/mol. The number of nitrogens with one attached hydrogen (secondary N) is 1. The first-order valence-electron chi connectivity index (χ1n) is 6.65. The first kappa shape index (κ1) is 14.1. The number of aromatic amines is 1. The summed E-state index contributed by atoms with van der Waals surface area (Å²) in [5.41, 5.74) is 3.28. The molecule has 3 rings (SSSR count). The number of halogens is 1. The highest BCUT2D eigenvalue weighted by atomic mass is 32.2. The number of aromatic nitrogens is 2. The fourth-order valence-electron chi connectivity index (χ4n) is 2.26. The smallest absolute Gasteiger partial charge is 0.171 e. The van der Waals surface area contributed by atoms with E-state index in [1.807, 2.05) is 25.1 Å². The standard InChI is InChI=1S/C16H15FN2OS/c1-9-6-7-12-13(8-9)19-16(18-12)21-14-5-3-4-11(17)15(14)10(2)20/h3-8,10,20H,1-2H3,(H,18,19)/t10-/m0/s1. The molecule has 5 heteroatoms. The number of rotatable bonds is 3. The lowest BCUT2D eigenvalue weighted by molar-refractivity contribution is 0.191. The molecule has 0 unspecified atom stereocenters. The van der Waals surface area contributed by atoms with Crippen LogP contribution in [0.1, 0.15) is 24.2 Å². The molecule has 2 N–H and O–H groups in total. The highest BCUT2D eigenvalue weighted by Crippen LogP contribution is 2.34. The van der Waals surface area contributed by atoms with Crippen LogP contribution in [-0.4, -0.2) is 15.1 Å². The molecule has 2 aromatic carbocycles. The van der Waals surface area contributed by atoms with Crippen molar-refractivity contribution in [1.82, 2.24) is 9.97 Å². The van der Waals surface area contributed by atoms with Gasteiger partial charge in [-0.1, -0.05) is 23.9 Å². The topological polar surface area (TPSA) is 48.9 Å². The van der Waals surface area contributed by atoms with E-state index in [1.54, 1.807) is 19.1 Å². The maximum atomic E-state index is 13.9. The van der Waals surface area contributed by atoms with Crippen LogP contribution in [0, 0.1) is 12.7 Å². The minimum absolute atomic E-state index is 0.305. The molecular weight excluding hydrogens is 287 g/mol. The summed E-state index contributed by atoms with van der Waals surface area (Å²) in [7, 11) is 0. The second-order valence-corrected chi connectivity index (χ2v) is 6.02. The van der Waals surface area contributed by atoms with Gasteiger partial charge in [-0.15, -0.1) is 0 Å². The van der Waals surface area contributed by atoms with E-state index in [2.05, 4.69) is 9.97 Å². The van der Waals surface area contributed by atoms with Crippen LogP contribution in [-0.2, 0) is 0 Å². The SMILES string of the molecule is Cc1ccc2nc(Sc3cccc(F)c3[C@H](C)O)[nH]c2c1. The summed E-state index contributed by atoms with van der Waals surface area (Å²) in [6, 6.07) is 10.7. The van der Waals surface area contributed by atoms with E-state index in [-0.39, 0.29) is 0 Å². The molecule has 1 heterocycles. The second-order valence-electron chi connectivity index (χ2n) is 4.99. The average molecular weight is 302 g/mol. The third-order valence-electron chi connectivity index (χ3n) is 3.25. The minimum Gasteiger partial charge on any atom is -0.389 e. The zero-order valence-corrected chi connectivity index (χ0v) is 12.5. The summed E-state index contributed by atoms with van der Waals surface area (Å²) < 4.78 is 13.9. The fraction of sp³-hybridized carbons (Fsp3) is 0.188. The molecule has 0 aliphatic heterocycles. The molecule has 0 aliphatic carbocycles. The Hall–Kier alpha value is -1.85. The Morgan fingerprint density at radius 1 is 1.29 bits per heavy atom. The largest absolute Gasteiger partial charge is 0.389 e. The molecule has 1 atom stereocenters. The monoisotopic (exact) mass is 302 g/mol. The average Bonchev–Trinajstić information content (AvgIpc) is 2.79. The van der Waals surface area contributed by atoms with Crippen molar-refractivity contribution in [3.8, 4) is 0 Å². The van der Waals surface area contributed by atoms with Gasteiger partial charge in [0.05, 0.1) is 17.1 Å². The van der Waals surface area contributed by atoms with Gasteiger partial charge in [0.15, 0.2) is 5.16 Å². The molecule has 108 valence electrons. The number of hydrogen-bond donors (Lipinski definition) is 2. The van der Waals surface area contributed by atoms with Gasteiger partial charge in [-0.2, -0.15) is 0 Å². The Morgan fingerprint density at radius 3 is 2.86 bits per heavy atom. The Balaban J connectivity index is 2.00. The highest BCUT2D eigenvalue weighted by molar-refractivity contribution is 7.99. The quantitative estimate of drug-likeness (QED) is 0.761. The van der Waals surface area contributed by atoms with Crippen molar-refractivity contribution >= 4 is 22.8 Å². The summed E-state index contributed by atoms with van der Waals surface area (Å²) in [4.78, 5) is 8.37. The molecular formula is C16H15FN2OS. The number of aliphatic hydroxyl groups is 1. The zero-order valence-electron chi connectivity index (χ0n) is 11.7. The van der Waals surface area contributed by atoms with Crippen LogP contribution in [0.5, 0.6) is 0 Å². The molecule has 21 heavy (non-hydrogen) atoms. The lowest BCUT2D eigenvalue weighted by atomic mass is 10.1. The molecule has 0 aliphatic rings. The molecule has 0 spiro atoms. The number of H-pyrrole nitrogens is 1. The van der Waals surface area contributed by atoms with Crippen LogP contribution in [0.2, 0.25) is 0 Å². The number of hydrogen-bond acceptors (Lipinski definition) is 3. The molecule has 0 bridgehead atoms. The molecule has 0 fully saturated rings. The van der Waals surface area contributed by atoms with Gasteiger partial charge in [0.2, 0.25) is 0 Å². The van der Waals surface area contributed by atoms with Gasteiger partial charge in [-0.05, 0) is 43.7 Å². The van der Waals surface area contributed by atoms with Crippen molar-refractivity contribution in [3.05, 3.63) is 53.3 Å². The molecule has 3 nitrogen and oxygen atoms in total. The van der Waals surface area contributed by atoms with Gasteiger partial charge >= 0.3 is 0 Å². The number of aryl methyl sites for hydroxylation is 1. The summed E-state index contributed by atoms with van der Waals surface area (Å²) in [5.74, 6) is -0.401. The molecule has 0 amide bonds. The van der Waals surface area contributed by atoms with Crippen molar-refractivity contribution in [3.63, 3.8) is 0 Å². The Bertz CT molecular complexity index is 798. The minimum atomic E-state index is -0.861. The lowest BCUT2D eigenvalue weighted by Crippen LogP contribution is -1.98. The van der Waals surface area contributed by atoms with E-state index in [4.69, 9.17) is 0 Å². The Kier molecular flexibility index (Phi) is 3.69. The first-order chi connectivity index (χ1) is 10.0. The number of fused-ring (bicyclic) bond motifs is 1. The maximum Gasteiger partial charge on any atom is 0.171 e. The first-order valence-corrected chi connectivity index (χ1v) is 7.47. The number of imidazole rings is 1. The number of aliphatic hydroxyl groups excluding tert-OH is 1. The van der Waals surface area contributed by atoms with Crippen molar-refractivity contribution in [2.45, 2.75) is 30.0 Å². The fourth-order valence-corrected chi connectivity index (χ4v) is 3.30. The lowest BCUT2D eigenvalue weighted by Gasteiger charge is -2.11. The molecule has 3 aromatic rings. The van der Waals surface area contributed by atoms with Gasteiger partial charge in [0.1, 0.15) is 5.82 Å². The molecule has 1 aromatic heterocycles. The van der Waals surface area contributed by atoms with Crippen LogP contribution in [0.15, 0.2) is 46.5 Å². The van der Waals surface area contributed by atoms with Crippen molar-refractivity contribution in [1.29, 1.82) is 0 Å². The van der Waals surface area contributed by atoms with Gasteiger partial charge in [0, 0.05) is 10.5 Å². The van der Waals surface area contributed by atoms with Crippen LogP contribution in [0.4, 0.5) is 4.39 Å². The molecule has 0 saturated heterocycles. The van der Waals surface area contributed by atoms with Crippen molar-refractivity contribution < 1.29 is 9.50 Å².